The van der Waals surface area contributed by atoms with Crippen molar-refractivity contribution in [3.05, 3.63) is 64.6 Å². The first kappa shape index (κ1) is 14.9. The number of carbonyl (C=O) groups is 1. The second-order valence-electron chi connectivity index (χ2n) is 6.43. The molecule has 0 spiro atoms. The Bertz CT molecular complexity index is 942. The molecule has 0 saturated carbocycles. The van der Waals surface area contributed by atoms with Gasteiger partial charge in [-0.1, -0.05) is 12.1 Å². The molecular formula is C20H19FN2O. The molecule has 2 aromatic carbocycles. The highest BCUT2D eigenvalue weighted by molar-refractivity contribution is 6.12. The molecule has 24 heavy (non-hydrogen) atoms. The van der Waals surface area contributed by atoms with Crippen molar-refractivity contribution in [3.63, 3.8) is 0 Å². The van der Waals surface area contributed by atoms with Gasteiger partial charge in [-0.05, 0) is 68.0 Å². The quantitative estimate of drug-likeness (QED) is 0.703. The molecular weight excluding hydrogens is 303 g/mol. The normalized spacial score (nSPS) is 13.8. The smallest absolute Gasteiger partial charge is 0.257 e. The van der Waals surface area contributed by atoms with Gasteiger partial charge in [0.1, 0.15) is 5.82 Å². The Morgan fingerprint density at radius 1 is 1.17 bits per heavy atom. The van der Waals surface area contributed by atoms with E-state index in [4.69, 9.17) is 0 Å². The molecule has 0 radical (unpaired) electrons. The number of aromatic nitrogens is 1. The SMILES string of the molecule is Cc1cc(F)ccc1NC(=O)c1cccc2c3c([nH]c12)CCCC3. The molecule has 122 valence electrons. The number of aromatic amines is 1. The number of carbonyl (C=O) groups excluding carboxylic acids is 1. The van der Waals surface area contributed by atoms with Crippen LogP contribution in [-0.4, -0.2) is 10.9 Å². The monoisotopic (exact) mass is 322 g/mol. The van der Waals surface area contributed by atoms with Gasteiger partial charge < -0.3 is 10.3 Å². The zero-order valence-corrected chi connectivity index (χ0v) is 13.6. The molecule has 1 amide bonds. The highest BCUT2D eigenvalue weighted by Gasteiger charge is 2.19. The van der Waals surface area contributed by atoms with Crippen molar-refractivity contribution in [2.45, 2.75) is 32.6 Å². The number of fused-ring (bicyclic) bond motifs is 3. The Morgan fingerprint density at radius 3 is 2.83 bits per heavy atom. The van der Waals surface area contributed by atoms with E-state index in [0.717, 1.165) is 23.7 Å². The zero-order valence-electron chi connectivity index (χ0n) is 13.6. The molecule has 1 aliphatic carbocycles. The van der Waals surface area contributed by atoms with Gasteiger partial charge in [-0.15, -0.1) is 0 Å². The van der Waals surface area contributed by atoms with E-state index in [-0.39, 0.29) is 11.7 Å². The van der Waals surface area contributed by atoms with Crippen LogP contribution in [0.2, 0.25) is 0 Å². The molecule has 4 rings (SSSR count). The summed E-state index contributed by atoms with van der Waals surface area (Å²) in [6.45, 7) is 1.78. The molecule has 0 aliphatic heterocycles. The van der Waals surface area contributed by atoms with Gasteiger partial charge in [-0.3, -0.25) is 4.79 Å². The third kappa shape index (κ3) is 2.48. The number of anilines is 1. The van der Waals surface area contributed by atoms with Gasteiger partial charge in [0.2, 0.25) is 0 Å². The molecule has 0 unspecified atom stereocenters. The number of hydrogen-bond acceptors (Lipinski definition) is 1. The minimum atomic E-state index is -0.301. The summed E-state index contributed by atoms with van der Waals surface area (Å²) >= 11 is 0. The number of benzene rings is 2. The van der Waals surface area contributed by atoms with Gasteiger partial charge in [-0.25, -0.2) is 4.39 Å². The average Bonchev–Trinajstić information content (AvgIpc) is 2.96. The van der Waals surface area contributed by atoms with Crippen LogP contribution in [0.5, 0.6) is 0 Å². The van der Waals surface area contributed by atoms with Crippen LogP contribution in [0.25, 0.3) is 10.9 Å². The number of hydrogen-bond donors (Lipinski definition) is 2. The number of aryl methyl sites for hydroxylation is 3. The van der Waals surface area contributed by atoms with Crippen molar-refractivity contribution >= 4 is 22.5 Å². The van der Waals surface area contributed by atoms with Crippen LogP contribution in [0.15, 0.2) is 36.4 Å². The Morgan fingerprint density at radius 2 is 2.00 bits per heavy atom. The van der Waals surface area contributed by atoms with E-state index in [1.807, 2.05) is 12.1 Å². The largest absolute Gasteiger partial charge is 0.358 e. The van der Waals surface area contributed by atoms with E-state index >= 15 is 0 Å². The van der Waals surface area contributed by atoms with Crippen molar-refractivity contribution < 1.29 is 9.18 Å². The van der Waals surface area contributed by atoms with Crippen LogP contribution in [-0.2, 0) is 12.8 Å². The van der Waals surface area contributed by atoms with E-state index in [9.17, 15) is 9.18 Å². The number of rotatable bonds is 2. The third-order valence-corrected chi connectivity index (χ3v) is 4.81. The van der Waals surface area contributed by atoms with Gasteiger partial charge >= 0.3 is 0 Å². The summed E-state index contributed by atoms with van der Waals surface area (Å²) in [6, 6.07) is 10.2. The number of nitrogens with one attached hydrogen (secondary N) is 2. The molecule has 4 heteroatoms. The maximum atomic E-state index is 13.2. The Labute approximate surface area is 139 Å². The molecule has 3 nitrogen and oxygen atoms in total. The fraction of sp³-hybridized carbons (Fsp3) is 0.250. The maximum absolute atomic E-state index is 13.2. The van der Waals surface area contributed by atoms with Gasteiger partial charge in [0.25, 0.3) is 5.91 Å². The summed E-state index contributed by atoms with van der Waals surface area (Å²) in [7, 11) is 0. The standard InChI is InChI=1S/C20H19FN2O/c1-12-11-13(21)9-10-17(12)23-20(24)16-7-4-6-15-14-5-2-3-8-18(14)22-19(15)16/h4,6-7,9-11,22H,2-3,5,8H2,1H3,(H,23,24). The predicted molar refractivity (Wildman–Crippen MR) is 94.0 cm³/mol. The summed E-state index contributed by atoms with van der Waals surface area (Å²) in [6.07, 6.45) is 4.50. The second-order valence-corrected chi connectivity index (χ2v) is 6.43. The molecule has 2 N–H and O–H groups in total. The summed E-state index contributed by atoms with van der Waals surface area (Å²) in [5.74, 6) is -0.474. The van der Waals surface area contributed by atoms with E-state index < -0.39 is 0 Å². The second kappa shape index (κ2) is 5.78. The molecule has 0 atom stereocenters. The van der Waals surface area contributed by atoms with Gasteiger partial charge in [0, 0.05) is 16.8 Å². The summed E-state index contributed by atoms with van der Waals surface area (Å²) < 4.78 is 13.2. The lowest BCUT2D eigenvalue weighted by molar-refractivity contribution is 0.102. The zero-order chi connectivity index (χ0) is 16.7. The topological polar surface area (TPSA) is 44.9 Å². The highest BCUT2D eigenvalue weighted by atomic mass is 19.1. The fourth-order valence-electron chi connectivity index (χ4n) is 3.58. The molecule has 0 fully saturated rings. The molecule has 0 bridgehead atoms. The summed E-state index contributed by atoms with van der Waals surface area (Å²) in [5.41, 5.74) is 5.49. The van der Waals surface area contributed by atoms with Crippen molar-refractivity contribution in [2.24, 2.45) is 0 Å². The van der Waals surface area contributed by atoms with Crippen LogP contribution in [0, 0.1) is 12.7 Å². The van der Waals surface area contributed by atoms with Crippen LogP contribution in [0.4, 0.5) is 10.1 Å². The van der Waals surface area contributed by atoms with Crippen LogP contribution >= 0.6 is 0 Å². The molecule has 1 aromatic heterocycles. The summed E-state index contributed by atoms with van der Waals surface area (Å²) in [5, 5.41) is 4.05. The fourth-order valence-corrected chi connectivity index (χ4v) is 3.58. The lowest BCUT2D eigenvalue weighted by atomic mass is 9.95. The van der Waals surface area contributed by atoms with Crippen molar-refractivity contribution in [2.75, 3.05) is 5.32 Å². The third-order valence-electron chi connectivity index (χ3n) is 4.81. The molecule has 1 heterocycles. The Hall–Kier alpha value is -2.62. The lowest BCUT2D eigenvalue weighted by Crippen LogP contribution is -2.13. The van der Waals surface area contributed by atoms with E-state index in [1.165, 1.54) is 36.2 Å². The van der Waals surface area contributed by atoms with Crippen LogP contribution < -0.4 is 5.32 Å². The number of para-hydroxylation sites is 1. The summed E-state index contributed by atoms with van der Waals surface area (Å²) in [4.78, 5) is 16.2. The highest BCUT2D eigenvalue weighted by Crippen LogP contribution is 2.31. The lowest BCUT2D eigenvalue weighted by Gasteiger charge is -2.10. The number of amides is 1. The van der Waals surface area contributed by atoms with Crippen molar-refractivity contribution in [3.8, 4) is 0 Å². The Balaban J connectivity index is 1.73. The predicted octanol–water partition coefficient (Wildman–Crippen LogP) is 4.75. The molecule has 3 aromatic rings. The first-order valence-corrected chi connectivity index (χ1v) is 8.33. The first-order chi connectivity index (χ1) is 11.6. The molecule has 1 aliphatic rings. The van der Waals surface area contributed by atoms with Gasteiger partial charge in [0.15, 0.2) is 0 Å². The average molecular weight is 322 g/mol. The van der Waals surface area contributed by atoms with E-state index in [1.54, 1.807) is 13.0 Å². The minimum Gasteiger partial charge on any atom is -0.358 e. The first-order valence-electron chi connectivity index (χ1n) is 8.33. The number of H-pyrrole nitrogens is 1. The maximum Gasteiger partial charge on any atom is 0.257 e. The van der Waals surface area contributed by atoms with Crippen molar-refractivity contribution in [1.82, 2.24) is 4.98 Å². The van der Waals surface area contributed by atoms with E-state index in [0.29, 0.717) is 16.8 Å². The van der Waals surface area contributed by atoms with Crippen LogP contribution in [0.1, 0.15) is 40.0 Å². The minimum absolute atomic E-state index is 0.172. The van der Waals surface area contributed by atoms with Gasteiger partial charge in [-0.2, -0.15) is 0 Å². The van der Waals surface area contributed by atoms with Crippen molar-refractivity contribution in [1.29, 1.82) is 0 Å². The Kier molecular flexibility index (Phi) is 3.60. The molecule has 0 saturated heterocycles. The van der Waals surface area contributed by atoms with Gasteiger partial charge in [0.05, 0.1) is 11.1 Å². The number of halogens is 1. The van der Waals surface area contributed by atoms with E-state index in [2.05, 4.69) is 16.4 Å². The van der Waals surface area contributed by atoms with Crippen LogP contribution in [0.3, 0.4) is 0 Å².